The van der Waals surface area contributed by atoms with Crippen LogP contribution in [0.15, 0.2) is 18.3 Å². The van der Waals surface area contributed by atoms with Crippen molar-refractivity contribution in [1.82, 2.24) is 10.3 Å². The van der Waals surface area contributed by atoms with Crippen molar-refractivity contribution >= 4 is 5.69 Å². The Morgan fingerprint density at radius 2 is 2.50 bits per heavy atom. The molecule has 1 unspecified atom stereocenters. The fourth-order valence-corrected chi connectivity index (χ4v) is 2.55. The number of hydrogen-bond donors (Lipinski definition) is 1. The first-order valence-electron chi connectivity index (χ1n) is 6.69. The van der Waals surface area contributed by atoms with Gasteiger partial charge in [0.2, 0.25) is 0 Å². The standard InChI is InChI=1S/C14H20N4/c1-2-9-18(12-5-3-7-16-11-12)14-6-4-8-17-13(14)10-15/h4,6,8,12,16H,2-3,5,7,9,11H2,1H3. The molecule has 4 nitrogen and oxygen atoms in total. The van der Waals surface area contributed by atoms with Crippen LogP contribution in [-0.2, 0) is 0 Å². The van der Waals surface area contributed by atoms with Gasteiger partial charge in [-0.1, -0.05) is 6.92 Å². The zero-order valence-electron chi connectivity index (χ0n) is 10.9. The predicted octanol–water partition coefficient (Wildman–Crippen LogP) is 1.92. The summed E-state index contributed by atoms with van der Waals surface area (Å²) >= 11 is 0. The Balaban J connectivity index is 2.25. The van der Waals surface area contributed by atoms with Crippen LogP contribution in [-0.4, -0.2) is 30.7 Å². The first-order chi connectivity index (χ1) is 8.86. The van der Waals surface area contributed by atoms with Gasteiger partial charge in [0, 0.05) is 25.3 Å². The number of rotatable bonds is 4. The monoisotopic (exact) mass is 244 g/mol. The van der Waals surface area contributed by atoms with Crippen LogP contribution >= 0.6 is 0 Å². The van der Waals surface area contributed by atoms with Gasteiger partial charge in [-0.3, -0.25) is 0 Å². The second-order valence-corrected chi connectivity index (χ2v) is 4.68. The van der Waals surface area contributed by atoms with Gasteiger partial charge in [0.1, 0.15) is 6.07 Å². The average molecular weight is 244 g/mol. The highest BCUT2D eigenvalue weighted by Gasteiger charge is 2.22. The molecule has 1 aliphatic heterocycles. The summed E-state index contributed by atoms with van der Waals surface area (Å²) < 4.78 is 0. The van der Waals surface area contributed by atoms with E-state index in [2.05, 4.69) is 28.2 Å². The summed E-state index contributed by atoms with van der Waals surface area (Å²) in [5.74, 6) is 0. The molecule has 18 heavy (non-hydrogen) atoms. The molecule has 0 saturated carbocycles. The second-order valence-electron chi connectivity index (χ2n) is 4.68. The quantitative estimate of drug-likeness (QED) is 0.879. The molecular formula is C14H20N4. The smallest absolute Gasteiger partial charge is 0.163 e. The fourth-order valence-electron chi connectivity index (χ4n) is 2.55. The maximum atomic E-state index is 9.18. The molecule has 0 radical (unpaired) electrons. The minimum absolute atomic E-state index is 0.481. The molecule has 1 aromatic rings. The zero-order valence-corrected chi connectivity index (χ0v) is 10.9. The summed E-state index contributed by atoms with van der Waals surface area (Å²) in [7, 11) is 0. The van der Waals surface area contributed by atoms with Crippen molar-refractivity contribution in [1.29, 1.82) is 5.26 Å². The number of pyridine rings is 1. The van der Waals surface area contributed by atoms with E-state index in [1.165, 1.54) is 12.8 Å². The summed E-state index contributed by atoms with van der Waals surface area (Å²) in [5.41, 5.74) is 1.52. The Hall–Kier alpha value is -1.60. The van der Waals surface area contributed by atoms with Crippen LogP contribution in [0.3, 0.4) is 0 Å². The van der Waals surface area contributed by atoms with Gasteiger partial charge in [0.05, 0.1) is 5.69 Å². The van der Waals surface area contributed by atoms with Crippen LogP contribution in [0.25, 0.3) is 0 Å². The maximum Gasteiger partial charge on any atom is 0.163 e. The number of nitrogens with one attached hydrogen (secondary N) is 1. The van der Waals surface area contributed by atoms with Crippen molar-refractivity contribution in [2.24, 2.45) is 0 Å². The maximum absolute atomic E-state index is 9.18. The van der Waals surface area contributed by atoms with E-state index in [1.54, 1.807) is 6.20 Å². The van der Waals surface area contributed by atoms with Crippen molar-refractivity contribution in [3.05, 3.63) is 24.0 Å². The highest BCUT2D eigenvalue weighted by molar-refractivity contribution is 5.56. The first-order valence-corrected chi connectivity index (χ1v) is 6.69. The van der Waals surface area contributed by atoms with Crippen LogP contribution in [0.2, 0.25) is 0 Å². The molecule has 1 saturated heterocycles. The number of piperidine rings is 1. The van der Waals surface area contributed by atoms with Gasteiger partial charge in [0.25, 0.3) is 0 Å². The summed E-state index contributed by atoms with van der Waals surface area (Å²) in [5, 5.41) is 12.6. The molecule has 0 aliphatic carbocycles. The molecule has 2 rings (SSSR count). The first kappa shape index (κ1) is 12.8. The molecule has 1 aromatic heterocycles. The summed E-state index contributed by atoms with van der Waals surface area (Å²) in [6.07, 6.45) is 5.15. The molecule has 0 aromatic carbocycles. The van der Waals surface area contributed by atoms with Gasteiger partial charge in [-0.15, -0.1) is 0 Å². The largest absolute Gasteiger partial charge is 0.365 e. The minimum atomic E-state index is 0.481. The molecule has 2 heterocycles. The minimum Gasteiger partial charge on any atom is -0.365 e. The molecular weight excluding hydrogens is 224 g/mol. The highest BCUT2D eigenvalue weighted by Crippen LogP contribution is 2.23. The van der Waals surface area contributed by atoms with Gasteiger partial charge in [0.15, 0.2) is 5.69 Å². The molecule has 0 spiro atoms. The van der Waals surface area contributed by atoms with E-state index in [0.29, 0.717) is 11.7 Å². The Kier molecular flexibility index (Phi) is 4.54. The van der Waals surface area contributed by atoms with Crippen molar-refractivity contribution in [3.8, 4) is 6.07 Å². The van der Waals surface area contributed by atoms with Crippen LogP contribution < -0.4 is 10.2 Å². The van der Waals surface area contributed by atoms with E-state index in [9.17, 15) is 5.26 Å². The summed E-state index contributed by atoms with van der Waals surface area (Å²) in [4.78, 5) is 6.52. The van der Waals surface area contributed by atoms with Crippen molar-refractivity contribution in [2.75, 3.05) is 24.5 Å². The van der Waals surface area contributed by atoms with E-state index >= 15 is 0 Å². The van der Waals surface area contributed by atoms with Crippen molar-refractivity contribution in [3.63, 3.8) is 0 Å². The number of hydrogen-bond acceptors (Lipinski definition) is 4. The Morgan fingerprint density at radius 1 is 1.61 bits per heavy atom. The SMILES string of the molecule is CCCN(c1cccnc1C#N)C1CCCNC1. The zero-order chi connectivity index (χ0) is 12.8. The van der Waals surface area contributed by atoms with Gasteiger partial charge in [-0.05, 0) is 37.9 Å². The lowest BCUT2D eigenvalue weighted by Crippen LogP contribution is -2.46. The third-order valence-electron chi connectivity index (χ3n) is 3.38. The molecule has 4 heteroatoms. The number of anilines is 1. The van der Waals surface area contributed by atoms with Crippen molar-refractivity contribution in [2.45, 2.75) is 32.2 Å². The number of nitrogens with zero attached hydrogens (tertiary/aromatic N) is 3. The third-order valence-corrected chi connectivity index (χ3v) is 3.38. The molecule has 0 bridgehead atoms. The fraction of sp³-hybridized carbons (Fsp3) is 0.571. The number of aromatic nitrogens is 1. The predicted molar refractivity (Wildman–Crippen MR) is 72.5 cm³/mol. The normalized spacial score (nSPS) is 19.2. The molecule has 1 fully saturated rings. The summed E-state index contributed by atoms with van der Waals surface area (Å²) in [6.45, 7) is 5.26. The van der Waals surface area contributed by atoms with Crippen molar-refractivity contribution < 1.29 is 0 Å². The van der Waals surface area contributed by atoms with E-state index in [1.807, 2.05) is 12.1 Å². The Morgan fingerprint density at radius 3 is 3.17 bits per heavy atom. The average Bonchev–Trinajstić information content (AvgIpc) is 2.46. The van der Waals surface area contributed by atoms with E-state index in [0.717, 1.165) is 31.7 Å². The van der Waals surface area contributed by atoms with Gasteiger partial charge >= 0.3 is 0 Å². The molecule has 96 valence electrons. The molecule has 0 amide bonds. The van der Waals surface area contributed by atoms with Crippen LogP contribution in [0.5, 0.6) is 0 Å². The number of nitriles is 1. The van der Waals surface area contributed by atoms with E-state index in [-0.39, 0.29) is 0 Å². The topological polar surface area (TPSA) is 52.0 Å². The van der Waals surface area contributed by atoms with E-state index < -0.39 is 0 Å². The van der Waals surface area contributed by atoms with Crippen LogP contribution in [0.1, 0.15) is 31.9 Å². The van der Waals surface area contributed by atoms with Gasteiger partial charge in [-0.25, -0.2) is 4.98 Å². The van der Waals surface area contributed by atoms with E-state index in [4.69, 9.17) is 0 Å². The van der Waals surface area contributed by atoms with Crippen LogP contribution in [0.4, 0.5) is 5.69 Å². The molecule has 1 aliphatic rings. The second kappa shape index (κ2) is 6.36. The van der Waals surface area contributed by atoms with Gasteiger partial charge in [-0.2, -0.15) is 5.26 Å². The lowest BCUT2D eigenvalue weighted by Gasteiger charge is -2.36. The third kappa shape index (κ3) is 2.80. The Bertz CT molecular complexity index is 418. The van der Waals surface area contributed by atoms with Crippen LogP contribution in [0, 0.1) is 11.3 Å². The molecule has 1 N–H and O–H groups in total. The Labute approximate surface area is 109 Å². The van der Waals surface area contributed by atoms with Gasteiger partial charge < -0.3 is 10.2 Å². The molecule has 1 atom stereocenters. The lowest BCUT2D eigenvalue weighted by atomic mass is 10.0. The lowest BCUT2D eigenvalue weighted by molar-refractivity contribution is 0.430. The highest BCUT2D eigenvalue weighted by atomic mass is 15.2. The summed E-state index contributed by atoms with van der Waals surface area (Å²) in [6, 6.07) is 6.60.